The molecule has 0 spiro atoms. The Balaban J connectivity index is 1.42. The van der Waals surface area contributed by atoms with E-state index < -0.39 is 33.8 Å². The fourth-order valence-corrected chi connectivity index (χ4v) is 8.22. The maximum absolute atomic E-state index is 13.9. The van der Waals surface area contributed by atoms with Crippen molar-refractivity contribution in [2.75, 3.05) is 38.3 Å². The molecule has 3 atom stereocenters. The van der Waals surface area contributed by atoms with Crippen LogP contribution in [0.1, 0.15) is 16.4 Å². The van der Waals surface area contributed by atoms with Gasteiger partial charge in [0.15, 0.2) is 0 Å². The van der Waals surface area contributed by atoms with E-state index in [1.165, 1.54) is 28.8 Å². The fraction of sp³-hybridized carbons (Fsp3) is 0.333. The van der Waals surface area contributed by atoms with Gasteiger partial charge in [-0.05, 0) is 29.8 Å². The molecular formula is C27H24N4O8S2. The minimum Gasteiger partial charge on any atom is -0.497 e. The normalized spacial score (nSPS) is 21.9. The SMILES string of the molecule is COc1ccc([C@H]2c3sc(=O)n(CC(=O)N4CCOCC4)c3SC3C(=O)N(c4ccc([N+](=O)[O-])cc4)C(=O)C32)cc1. The van der Waals surface area contributed by atoms with Crippen molar-refractivity contribution in [3.63, 3.8) is 0 Å². The summed E-state index contributed by atoms with van der Waals surface area (Å²) < 4.78 is 12.0. The van der Waals surface area contributed by atoms with Crippen LogP contribution in [0, 0.1) is 16.0 Å². The van der Waals surface area contributed by atoms with Crippen molar-refractivity contribution in [3.8, 4) is 5.75 Å². The number of morpholine rings is 1. The maximum atomic E-state index is 13.9. The third-order valence-corrected chi connectivity index (χ3v) is 10.1. The second-order valence-electron chi connectivity index (χ2n) is 9.72. The van der Waals surface area contributed by atoms with Gasteiger partial charge in [0.1, 0.15) is 17.5 Å². The third kappa shape index (κ3) is 4.71. The Morgan fingerprint density at radius 2 is 1.73 bits per heavy atom. The van der Waals surface area contributed by atoms with Crippen molar-refractivity contribution < 1.29 is 28.8 Å². The molecule has 4 heterocycles. The minimum atomic E-state index is -0.865. The number of carbonyl (C=O) groups is 3. The van der Waals surface area contributed by atoms with Crippen LogP contribution in [0.25, 0.3) is 0 Å². The van der Waals surface area contributed by atoms with Gasteiger partial charge in [0.05, 0.1) is 41.9 Å². The van der Waals surface area contributed by atoms with Crippen molar-refractivity contribution in [1.29, 1.82) is 0 Å². The average molecular weight is 597 g/mol. The van der Waals surface area contributed by atoms with Crippen LogP contribution in [0.15, 0.2) is 58.4 Å². The Bertz CT molecular complexity index is 1590. The van der Waals surface area contributed by atoms with Crippen LogP contribution in [0.2, 0.25) is 0 Å². The van der Waals surface area contributed by atoms with Gasteiger partial charge in [-0.15, -0.1) is 0 Å². The molecule has 1 aromatic heterocycles. The molecule has 3 aromatic rings. The van der Waals surface area contributed by atoms with E-state index in [4.69, 9.17) is 9.47 Å². The van der Waals surface area contributed by atoms with Gasteiger partial charge in [-0.25, -0.2) is 4.90 Å². The lowest BCUT2D eigenvalue weighted by Gasteiger charge is -2.31. The molecule has 3 amide bonds. The molecule has 2 unspecified atom stereocenters. The molecule has 2 fully saturated rings. The number of nitro benzene ring substituents is 1. The van der Waals surface area contributed by atoms with Crippen molar-refractivity contribution in [2.24, 2.45) is 5.92 Å². The van der Waals surface area contributed by atoms with E-state index >= 15 is 0 Å². The quantitative estimate of drug-likeness (QED) is 0.238. The van der Waals surface area contributed by atoms with Gasteiger partial charge in [-0.1, -0.05) is 35.2 Å². The number of rotatable bonds is 6. The second-order valence-corrected chi connectivity index (χ2v) is 11.8. The van der Waals surface area contributed by atoms with E-state index in [2.05, 4.69) is 0 Å². The number of anilines is 1. The number of fused-ring (bicyclic) bond motifs is 2. The Morgan fingerprint density at radius 1 is 1.05 bits per heavy atom. The standard InChI is InChI=1S/C27H24N4O8S2/c1-38-18-8-2-15(3-9-18)20-21-22(25(34)30(24(21)33)16-4-6-17(7-5-16)31(36)37)40-26-23(20)41-27(35)29(26)14-19(32)28-10-12-39-13-11-28/h2-9,20-22H,10-14H2,1H3/t20-,21?,22?/m1/s1. The van der Waals surface area contributed by atoms with Crippen molar-refractivity contribution in [3.05, 3.63) is 78.8 Å². The lowest BCUT2D eigenvalue weighted by molar-refractivity contribution is -0.384. The van der Waals surface area contributed by atoms with E-state index in [0.29, 0.717) is 42.0 Å². The number of hydrogen-bond acceptors (Lipinski definition) is 10. The molecule has 14 heteroatoms. The first-order valence-electron chi connectivity index (χ1n) is 12.8. The lowest BCUT2D eigenvalue weighted by Crippen LogP contribution is -2.43. The van der Waals surface area contributed by atoms with Crippen LogP contribution in [-0.4, -0.2) is 70.8 Å². The molecular weight excluding hydrogens is 572 g/mol. The van der Waals surface area contributed by atoms with Gasteiger partial charge in [-0.3, -0.25) is 33.9 Å². The van der Waals surface area contributed by atoms with E-state index in [1.807, 2.05) is 0 Å². The van der Waals surface area contributed by atoms with E-state index in [1.54, 1.807) is 36.3 Å². The van der Waals surface area contributed by atoms with Gasteiger partial charge in [0, 0.05) is 36.0 Å². The number of ether oxygens (including phenoxy) is 2. The number of imide groups is 1. The summed E-state index contributed by atoms with van der Waals surface area (Å²) in [6.45, 7) is 1.54. The highest BCUT2D eigenvalue weighted by atomic mass is 32.2. The van der Waals surface area contributed by atoms with E-state index in [0.717, 1.165) is 33.6 Å². The van der Waals surface area contributed by atoms with Crippen molar-refractivity contribution >= 4 is 52.2 Å². The second kappa shape index (κ2) is 10.8. The highest BCUT2D eigenvalue weighted by Gasteiger charge is 2.57. The zero-order valence-electron chi connectivity index (χ0n) is 21.8. The Hall–Kier alpha value is -4.01. The molecule has 0 bridgehead atoms. The first-order valence-corrected chi connectivity index (χ1v) is 14.5. The van der Waals surface area contributed by atoms with E-state index in [-0.39, 0.29) is 28.7 Å². The number of benzene rings is 2. The summed E-state index contributed by atoms with van der Waals surface area (Å²) in [5.74, 6) is -2.00. The summed E-state index contributed by atoms with van der Waals surface area (Å²) >= 11 is 2.10. The molecule has 212 valence electrons. The summed E-state index contributed by atoms with van der Waals surface area (Å²) in [6, 6.07) is 12.4. The molecule has 6 rings (SSSR count). The van der Waals surface area contributed by atoms with Crippen LogP contribution in [0.5, 0.6) is 5.75 Å². The summed E-state index contributed by atoms with van der Waals surface area (Å²) in [7, 11) is 1.54. The van der Waals surface area contributed by atoms with Gasteiger partial charge in [0.25, 0.3) is 5.69 Å². The highest BCUT2D eigenvalue weighted by molar-refractivity contribution is 8.00. The molecule has 0 aliphatic carbocycles. The Kier molecular flexibility index (Phi) is 7.13. The zero-order chi connectivity index (χ0) is 28.8. The van der Waals surface area contributed by atoms with Crippen molar-refractivity contribution in [2.45, 2.75) is 22.7 Å². The molecule has 3 aliphatic heterocycles. The number of carbonyl (C=O) groups excluding carboxylic acids is 3. The number of hydrogen-bond donors (Lipinski definition) is 0. The maximum Gasteiger partial charge on any atom is 0.308 e. The molecule has 2 saturated heterocycles. The summed E-state index contributed by atoms with van der Waals surface area (Å²) in [6.07, 6.45) is 0. The van der Waals surface area contributed by atoms with Crippen molar-refractivity contribution in [1.82, 2.24) is 9.47 Å². The van der Waals surface area contributed by atoms with Gasteiger partial charge < -0.3 is 14.4 Å². The average Bonchev–Trinajstić information content (AvgIpc) is 3.43. The molecule has 2 aromatic carbocycles. The summed E-state index contributed by atoms with van der Waals surface area (Å²) in [5, 5.41) is 10.8. The molecule has 41 heavy (non-hydrogen) atoms. The molecule has 3 aliphatic rings. The van der Waals surface area contributed by atoms with Gasteiger partial charge >= 0.3 is 4.87 Å². The summed E-state index contributed by atoms with van der Waals surface area (Å²) in [5.41, 5.74) is 0.797. The van der Waals surface area contributed by atoms with Crippen LogP contribution in [0.3, 0.4) is 0 Å². The van der Waals surface area contributed by atoms with Crippen LogP contribution >= 0.6 is 23.1 Å². The highest BCUT2D eigenvalue weighted by Crippen LogP contribution is 2.54. The van der Waals surface area contributed by atoms with Gasteiger partial charge in [-0.2, -0.15) is 0 Å². The summed E-state index contributed by atoms with van der Waals surface area (Å²) in [4.78, 5) is 67.7. The van der Waals surface area contributed by atoms with Crippen LogP contribution in [-0.2, 0) is 25.7 Å². The van der Waals surface area contributed by atoms with Crippen LogP contribution in [0.4, 0.5) is 11.4 Å². The van der Waals surface area contributed by atoms with Gasteiger partial charge in [0.2, 0.25) is 17.7 Å². The first kappa shape index (κ1) is 27.2. The first-order chi connectivity index (χ1) is 19.8. The topological polar surface area (TPSA) is 141 Å². The Labute approximate surface area is 241 Å². The number of thiazole rings is 1. The Morgan fingerprint density at radius 3 is 2.37 bits per heavy atom. The largest absolute Gasteiger partial charge is 0.497 e. The predicted octanol–water partition coefficient (Wildman–Crippen LogP) is 2.48. The number of nitrogens with zero attached hydrogens (tertiary/aromatic N) is 4. The number of methoxy groups -OCH3 is 1. The number of thioether (sulfide) groups is 1. The zero-order valence-corrected chi connectivity index (χ0v) is 23.4. The number of aromatic nitrogens is 1. The fourth-order valence-electron chi connectivity index (χ4n) is 5.45. The van der Waals surface area contributed by atoms with E-state index in [9.17, 15) is 29.3 Å². The monoisotopic (exact) mass is 596 g/mol. The molecule has 0 radical (unpaired) electrons. The number of nitro groups is 1. The predicted molar refractivity (Wildman–Crippen MR) is 150 cm³/mol. The molecule has 12 nitrogen and oxygen atoms in total. The molecule has 0 saturated carbocycles. The van der Waals surface area contributed by atoms with Crippen LogP contribution < -0.4 is 14.5 Å². The number of amides is 3. The number of non-ortho nitro benzene ring substituents is 1. The molecule has 0 N–H and O–H groups in total. The minimum absolute atomic E-state index is 0.160. The lowest BCUT2D eigenvalue weighted by atomic mass is 9.83. The third-order valence-electron chi connectivity index (χ3n) is 7.50. The smallest absolute Gasteiger partial charge is 0.308 e.